The van der Waals surface area contributed by atoms with E-state index in [-0.39, 0.29) is 12.0 Å². The van der Waals surface area contributed by atoms with Crippen LogP contribution in [0.25, 0.3) is 0 Å². The maximum atomic E-state index is 12.6. The van der Waals surface area contributed by atoms with Crippen LogP contribution < -0.4 is 0 Å². The first-order valence-corrected chi connectivity index (χ1v) is 10.4. The summed E-state index contributed by atoms with van der Waals surface area (Å²) in [6, 6.07) is 20.2. The van der Waals surface area contributed by atoms with Crippen LogP contribution in [0.5, 0.6) is 0 Å². The number of esters is 1. The minimum absolute atomic E-state index is 0.196. The molecule has 0 spiro atoms. The number of carbonyl (C=O) groups excluding carboxylic acids is 1. The summed E-state index contributed by atoms with van der Waals surface area (Å²) in [5.41, 5.74) is 2.36. The molecule has 3 nitrogen and oxygen atoms in total. The van der Waals surface area contributed by atoms with Gasteiger partial charge in [-0.2, -0.15) is 0 Å². The molecule has 0 aromatic heterocycles. The number of hydrogen-bond donors (Lipinski definition) is 0. The number of ether oxygens (including phenoxy) is 1. The van der Waals surface area contributed by atoms with Crippen molar-refractivity contribution in [2.24, 2.45) is 0 Å². The molecule has 148 valence electrons. The van der Waals surface area contributed by atoms with Crippen molar-refractivity contribution in [3.63, 3.8) is 0 Å². The molecule has 0 heterocycles. The van der Waals surface area contributed by atoms with E-state index in [0.717, 1.165) is 0 Å². The van der Waals surface area contributed by atoms with Crippen LogP contribution in [0.4, 0.5) is 0 Å². The largest absolute Gasteiger partial charge is 0.468 e. The lowest BCUT2D eigenvalue weighted by atomic mass is 10.1. The molecule has 0 bridgehead atoms. The van der Waals surface area contributed by atoms with Gasteiger partial charge in [0, 0.05) is 18.8 Å². The number of nitrogens with zero attached hydrogens (tertiary/aromatic N) is 1. The molecule has 1 unspecified atom stereocenters. The van der Waals surface area contributed by atoms with E-state index in [1.807, 2.05) is 55.5 Å². The molecule has 0 radical (unpaired) electrons. The summed E-state index contributed by atoms with van der Waals surface area (Å²) in [6.07, 6.45) is 6.08. The number of rotatable bonds is 10. The molecule has 0 saturated heterocycles. The minimum Gasteiger partial charge on any atom is -0.468 e. The fourth-order valence-electron chi connectivity index (χ4n) is 2.86. The van der Waals surface area contributed by atoms with Gasteiger partial charge in [-0.1, -0.05) is 78.9 Å². The van der Waals surface area contributed by atoms with E-state index in [0.29, 0.717) is 18.8 Å². The molecule has 2 rings (SSSR count). The van der Waals surface area contributed by atoms with Crippen molar-refractivity contribution in [1.82, 2.24) is 4.90 Å². The molecule has 0 aliphatic heterocycles. The average Bonchev–Trinajstić information content (AvgIpc) is 2.73. The lowest BCUT2D eigenvalue weighted by molar-refractivity contribution is -0.146. The van der Waals surface area contributed by atoms with Crippen molar-refractivity contribution in [3.8, 4) is 0 Å². The molecule has 0 amide bonds. The highest BCUT2D eigenvalue weighted by molar-refractivity contribution is 8.03. The highest BCUT2D eigenvalue weighted by Gasteiger charge is 2.27. The van der Waals surface area contributed by atoms with Crippen molar-refractivity contribution in [1.29, 1.82) is 0 Å². The second-order valence-electron chi connectivity index (χ2n) is 6.53. The smallest absolute Gasteiger partial charge is 0.323 e. The molecule has 0 N–H and O–H groups in total. The van der Waals surface area contributed by atoms with Crippen LogP contribution in [0.15, 0.2) is 83.8 Å². The minimum atomic E-state index is -0.329. The second kappa shape index (κ2) is 12.2. The fraction of sp³-hybridized carbons (Fsp3) is 0.292. The quantitative estimate of drug-likeness (QED) is 0.395. The third-order valence-electron chi connectivity index (χ3n) is 4.36. The van der Waals surface area contributed by atoms with Gasteiger partial charge in [0.15, 0.2) is 0 Å². The van der Waals surface area contributed by atoms with Crippen molar-refractivity contribution in [2.45, 2.75) is 33.0 Å². The normalized spacial score (nSPS) is 13.1. The van der Waals surface area contributed by atoms with E-state index in [1.165, 1.54) is 23.1 Å². The van der Waals surface area contributed by atoms with Gasteiger partial charge < -0.3 is 4.74 Å². The Bertz CT molecular complexity index is 730. The topological polar surface area (TPSA) is 29.5 Å². The Balaban J connectivity index is 2.24. The summed E-state index contributed by atoms with van der Waals surface area (Å²) < 4.78 is 5.15. The number of thioether (sulfide) groups is 1. The predicted molar refractivity (Wildman–Crippen MR) is 119 cm³/mol. The monoisotopic (exact) mass is 395 g/mol. The van der Waals surface area contributed by atoms with Crippen molar-refractivity contribution < 1.29 is 9.53 Å². The fourth-order valence-corrected chi connectivity index (χ4v) is 3.80. The van der Waals surface area contributed by atoms with Gasteiger partial charge in [-0.15, -0.1) is 11.8 Å². The zero-order valence-corrected chi connectivity index (χ0v) is 17.7. The number of allylic oxidation sites excluding steroid dienone is 4. The first-order valence-electron chi connectivity index (χ1n) is 9.46. The van der Waals surface area contributed by atoms with Crippen LogP contribution in [0.3, 0.4) is 0 Å². The van der Waals surface area contributed by atoms with Gasteiger partial charge in [-0.3, -0.25) is 9.69 Å². The molecular weight excluding hydrogens is 366 g/mol. The van der Waals surface area contributed by atoms with E-state index < -0.39 is 0 Å². The van der Waals surface area contributed by atoms with E-state index in [9.17, 15) is 4.79 Å². The third-order valence-corrected chi connectivity index (χ3v) is 5.44. The Kier molecular flexibility index (Phi) is 9.60. The van der Waals surface area contributed by atoms with Crippen LogP contribution >= 0.6 is 11.8 Å². The van der Waals surface area contributed by atoms with Gasteiger partial charge in [0.2, 0.25) is 0 Å². The molecule has 28 heavy (non-hydrogen) atoms. The van der Waals surface area contributed by atoms with Crippen LogP contribution in [-0.2, 0) is 22.6 Å². The van der Waals surface area contributed by atoms with Gasteiger partial charge in [0.25, 0.3) is 0 Å². The molecule has 0 fully saturated rings. The Morgan fingerprint density at radius 1 is 1.04 bits per heavy atom. The van der Waals surface area contributed by atoms with Crippen LogP contribution in [-0.4, -0.2) is 29.8 Å². The van der Waals surface area contributed by atoms with Crippen LogP contribution in [0.2, 0.25) is 0 Å². The van der Waals surface area contributed by atoms with E-state index >= 15 is 0 Å². The maximum Gasteiger partial charge on any atom is 0.323 e. The SMILES string of the molecule is C/C=C\C=C(/C)SCC(C(=O)OC)N(Cc1ccccc1)Cc1ccccc1. The molecule has 2 aromatic carbocycles. The predicted octanol–water partition coefficient (Wildman–Crippen LogP) is 5.44. The third kappa shape index (κ3) is 7.37. The molecule has 1 atom stereocenters. The van der Waals surface area contributed by atoms with Gasteiger partial charge in [0.05, 0.1) is 7.11 Å². The highest BCUT2D eigenvalue weighted by atomic mass is 32.2. The first-order chi connectivity index (χ1) is 13.6. The number of benzene rings is 2. The molecule has 4 heteroatoms. The molecule has 0 aliphatic rings. The lowest BCUT2D eigenvalue weighted by Crippen LogP contribution is -2.43. The summed E-state index contributed by atoms with van der Waals surface area (Å²) in [6.45, 7) is 5.44. The lowest BCUT2D eigenvalue weighted by Gasteiger charge is -2.30. The van der Waals surface area contributed by atoms with E-state index in [4.69, 9.17) is 4.74 Å². The Hall–Kier alpha value is -2.30. The van der Waals surface area contributed by atoms with Gasteiger partial charge >= 0.3 is 5.97 Å². The van der Waals surface area contributed by atoms with Crippen LogP contribution in [0.1, 0.15) is 25.0 Å². The zero-order valence-electron chi connectivity index (χ0n) is 16.9. The Morgan fingerprint density at radius 2 is 1.57 bits per heavy atom. The molecule has 0 saturated carbocycles. The average molecular weight is 396 g/mol. The zero-order chi connectivity index (χ0) is 20.2. The highest BCUT2D eigenvalue weighted by Crippen LogP contribution is 2.22. The van der Waals surface area contributed by atoms with Crippen molar-refractivity contribution >= 4 is 17.7 Å². The maximum absolute atomic E-state index is 12.6. The number of methoxy groups -OCH3 is 1. The summed E-state index contributed by atoms with van der Waals surface area (Å²) in [4.78, 5) is 16.0. The van der Waals surface area contributed by atoms with E-state index in [2.05, 4.69) is 42.2 Å². The van der Waals surface area contributed by atoms with Crippen molar-refractivity contribution in [2.75, 3.05) is 12.9 Å². The number of carbonyl (C=O) groups is 1. The van der Waals surface area contributed by atoms with Gasteiger partial charge in [0.1, 0.15) is 6.04 Å². The van der Waals surface area contributed by atoms with Gasteiger partial charge in [-0.25, -0.2) is 0 Å². The number of hydrogen-bond acceptors (Lipinski definition) is 4. The van der Waals surface area contributed by atoms with Gasteiger partial charge in [-0.05, 0) is 29.9 Å². The van der Waals surface area contributed by atoms with Crippen LogP contribution in [0, 0.1) is 0 Å². The van der Waals surface area contributed by atoms with Crippen molar-refractivity contribution in [3.05, 3.63) is 94.9 Å². The Labute approximate surface area is 173 Å². The molecular formula is C24H29NO2S. The summed E-state index contributed by atoms with van der Waals surface area (Å²) in [5.74, 6) is 0.449. The molecule has 2 aromatic rings. The first kappa shape index (κ1) is 22.0. The molecule has 0 aliphatic carbocycles. The summed E-state index contributed by atoms with van der Waals surface area (Å²) >= 11 is 1.68. The van der Waals surface area contributed by atoms with E-state index in [1.54, 1.807) is 11.8 Å². The standard InChI is InChI=1S/C24H29NO2S/c1-4-5-12-20(2)28-19-23(24(26)27-3)25(17-21-13-8-6-9-14-21)18-22-15-10-7-11-16-22/h4-16,23H,17-19H2,1-3H3/b5-4-,20-12+. The summed E-state index contributed by atoms with van der Waals surface area (Å²) in [5, 5.41) is 0. The second-order valence-corrected chi connectivity index (χ2v) is 7.80. The summed E-state index contributed by atoms with van der Waals surface area (Å²) in [7, 11) is 1.46. The Morgan fingerprint density at radius 3 is 2.04 bits per heavy atom.